The van der Waals surface area contributed by atoms with Crippen molar-refractivity contribution in [1.82, 2.24) is 0 Å². The molecule has 0 spiro atoms. The van der Waals surface area contributed by atoms with Gasteiger partial charge in [-0.05, 0) is 29.0 Å². The first-order valence-corrected chi connectivity index (χ1v) is 7.40. The zero-order valence-electron chi connectivity index (χ0n) is 12.3. The SMILES string of the molecule is O=c1c2ccc(OCCO)cc2oc2ccc3ccccc3c12. The van der Waals surface area contributed by atoms with Crippen LogP contribution in [0.2, 0.25) is 0 Å². The van der Waals surface area contributed by atoms with Crippen molar-refractivity contribution in [3.05, 3.63) is 64.8 Å². The summed E-state index contributed by atoms with van der Waals surface area (Å²) in [5.41, 5.74) is 0.987. The molecular formula is C19H14O4. The number of aliphatic hydroxyl groups excluding tert-OH is 1. The number of fused-ring (bicyclic) bond motifs is 4. The van der Waals surface area contributed by atoms with Gasteiger partial charge in [0.2, 0.25) is 5.43 Å². The minimum atomic E-state index is -0.0638. The van der Waals surface area contributed by atoms with Crippen LogP contribution in [0.25, 0.3) is 32.7 Å². The van der Waals surface area contributed by atoms with E-state index in [0.29, 0.717) is 27.7 Å². The van der Waals surface area contributed by atoms with Crippen molar-refractivity contribution in [2.24, 2.45) is 0 Å². The smallest absolute Gasteiger partial charge is 0.201 e. The Morgan fingerprint density at radius 3 is 2.70 bits per heavy atom. The minimum Gasteiger partial charge on any atom is -0.491 e. The molecule has 0 amide bonds. The Bertz CT molecular complexity index is 1080. The Morgan fingerprint density at radius 1 is 0.957 bits per heavy atom. The summed E-state index contributed by atoms with van der Waals surface area (Å²) >= 11 is 0. The van der Waals surface area contributed by atoms with E-state index in [9.17, 15) is 4.79 Å². The molecule has 3 aromatic carbocycles. The van der Waals surface area contributed by atoms with Gasteiger partial charge < -0.3 is 14.3 Å². The minimum absolute atomic E-state index is 0.0493. The third-order valence-electron chi connectivity index (χ3n) is 3.90. The topological polar surface area (TPSA) is 59.7 Å². The van der Waals surface area contributed by atoms with Crippen LogP contribution in [0.3, 0.4) is 0 Å². The van der Waals surface area contributed by atoms with Gasteiger partial charge in [0.25, 0.3) is 0 Å². The highest BCUT2D eigenvalue weighted by Crippen LogP contribution is 2.27. The summed E-state index contributed by atoms with van der Waals surface area (Å²) in [5, 5.41) is 11.8. The van der Waals surface area contributed by atoms with Gasteiger partial charge in [0.1, 0.15) is 23.5 Å². The molecule has 0 saturated heterocycles. The summed E-state index contributed by atoms with van der Waals surface area (Å²) in [5.74, 6) is 0.565. The lowest BCUT2D eigenvalue weighted by Crippen LogP contribution is -2.04. The number of aliphatic hydroxyl groups is 1. The standard InChI is InChI=1S/C19H14O4/c20-9-10-22-13-6-7-15-17(11-13)23-16-8-5-12-3-1-2-4-14(12)18(16)19(15)21/h1-8,11,20H,9-10H2. The molecule has 4 aromatic rings. The van der Waals surface area contributed by atoms with Crippen molar-refractivity contribution in [3.8, 4) is 5.75 Å². The van der Waals surface area contributed by atoms with Crippen LogP contribution < -0.4 is 10.2 Å². The highest BCUT2D eigenvalue weighted by molar-refractivity contribution is 6.08. The largest absolute Gasteiger partial charge is 0.491 e. The monoisotopic (exact) mass is 306 g/mol. The Morgan fingerprint density at radius 2 is 1.83 bits per heavy atom. The zero-order chi connectivity index (χ0) is 15.8. The molecule has 4 nitrogen and oxygen atoms in total. The second-order valence-electron chi connectivity index (χ2n) is 5.32. The Balaban J connectivity index is 2.04. The lowest BCUT2D eigenvalue weighted by atomic mass is 10.0. The van der Waals surface area contributed by atoms with E-state index in [2.05, 4.69) is 0 Å². The number of rotatable bonds is 3. The molecule has 1 heterocycles. The third-order valence-corrected chi connectivity index (χ3v) is 3.90. The van der Waals surface area contributed by atoms with E-state index in [4.69, 9.17) is 14.3 Å². The van der Waals surface area contributed by atoms with Crippen LogP contribution in [-0.4, -0.2) is 18.3 Å². The molecule has 0 aliphatic carbocycles. The summed E-state index contributed by atoms with van der Waals surface area (Å²) in [6.45, 7) is 0.139. The van der Waals surface area contributed by atoms with Crippen LogP contribution in [-0.2, 0) is 0 Å². The summed E-state index contributed by atoms with van der Waals surface area (Å²) in [4.78, 5) is 12.9. The Kier molecular flexibility index (Phi) is 3.24. The van der Waals surface area contributed by atoms with Crippen molar-refractivity contribution in [2.45, 2.75) is 0 Å². The summed E-state index contributed by atoms with van der Waals surface area (Å²) in [6.07, 6.45) is 0. The Hall–Kier alpha value is -2.85. The second-order valence-corrected chi connectivity index (χ2v) is 5.32. The summed E-state index contributed by atoms with van der Waals surface area (Å²) < 4.78 is 11.3. The third kappa shape index (κ3) is 2.24. The molecule has 4 rings (SSSR count). The molecule has 114 valence electrons. The lowest BCUT2D eigenvalue weighted by Gasteiger charge is -2.07. The van der Waals surface area contributed by atoms with E-state index in [-0.39, 0.29) is 18.6 Å². The molecule has 0 unspecified atom stereocenters. The molecule has 23 heavy (non-hydrogen) atoms. The van der Waals surface area contributed by atoms with Crippen molar-refractivity contribution < 1.29 is 14.3 Å². The van der Waals surface area contributed by atoms with Crippen molar-refractivity contribution in [3.63, 3.8) is 0 Å². The van der Waals surface area contributed by atoms with Crippen molar-refractivity contribution in [2.75, 3.05) is 13.2 Å². The average Bonchev–Trinajstić information content (AvgIpc) is 2.59. The van der Waals surface area contributed by atoms with Gasteiger partial charge in [-0.25, -0.2) is 0 Å². The van der Waals surface area contributed by atoms with Crippen molar-refractivity contribution >= 4 is 32.7 Å². The van der Waals surface area contributed by atoms with Crippen LogP contribution in [0.15, 0.2) is 63.8 Å². The number of benzene rings is 3. The van der Waals surface area contributed by atoms with E-state index in [1.54, 1.807) is 18.2 Å². The van der Waals surface area contributed by atoms with Gasteiger partial charge in [-0.2, -0.15) is 0 Å². The normalized spacial score (nSPS) is 11.3. The van der Waals surface area contributed by atoms with Gasteiger partial charge in [0.05, 0.1) is 17.4 Å². The molecule has 4 heteroatoms. The molecule has 0 radical (unpaired) electrons. The fourth-order valence-electron chi connectivity index (χ4n) is 2.85. The zero-order valence-corrected chi connectivity index (χ0v) is 12.3. The first kappa shape index (κ1) is 13.8. The molecule has 0 bridgehead atoms. The van der Waals surface area contributed by atoms with Gasteiger partial charge in [0, 0.05) is 6.07 Å². The van der Waals surface area contributed by atoms with Gasteiger partial charge in [0.15, 0.2) is 0 Å². The highest BCUT2D eigenvalue weighted by Gasteiger charge is 2.11. The molecule has 0 aliphatic heterocycles. The van der Waals surface area contributed by atoms with E-state index >= 15 is 0 Å². The Labute approximate surface area is 131 Å². The maximum atomic E-state index is 12.9. The van der Waals surface area contributed by atoms with Gasteiger partial charge in [-0.15, -0.1) is 0 Å². The fraction of sp³-hybridized carbons (Fsp3) is 0.105. The molecule has 0 atom stereocenters. The maximum absolute atomic E-state index is 12.9. The quantitative estimate of drug-likeness (QED) is 0.465. The highest BCUT2D eigenvalue weighted by atomic mass is 16.5. The van der Waals surface area contributed by atoms with Crippen LogP contribution in [0.1, 0.15) is 0 Å². The number of ether oxygens (including phenoxy) is 1. The maximum Gasteiger partial charge on any atom is 0.201 e. The van der Waals surface area contributed by atoms with Crippen LogP contribution in [0, 0.1) is 0 Å². The van der Waals surface area contributed by atoms with E-state index in [1.807, 2.05) is 36.4 Å². The lowest BCUT2D eigenvalue weighted by molar-refractivity contribution is 0.201. The average molecular weight is 306 g/mol. The molecule has 1 N–H and O–H groups in total. The summed E-state index contributed by atoms with van der Waals surface area (Å²) in [7, 11) is 0. The fourth-order valence-corrected chi connectivity index (χ4v) is 2.85. The number of hydrogen-bond acceptors (Lipinski definition) is 4. The molecule has 1 aromatic heterocycles. The number of hydrogen-bond donors (Lipinski definition) is 1. The molecular weight excluding hydrogens is 292 g/mol. The predicted molar refractivity (Wildman–Crippen MR) is 90.1 cm³/mol. The van der Waals surface area contributed by atoms with E-state index in [1.165, 1.54) is 0 Å². The van der Waals surface area contributed by atoms with Crippen LogP contribution >= 0.6 is 0 Å². The summed E-state index contributed by atoms with van der Waals surface area (Å²) in [6, 6.07) is 16.6. The van der Waals surface area contributed by atoms with E-state index in [0.717, 1.165) is 10.8 Å². The first-order valence-electron chi connectivity index (χ1n) is 7.40. The van der Waals surface area contributed by atoms with Gasteiger partial charge in [-0.1, -0.05) is 30.3 Å². The van der Waals surface area contributed by atoms with Gasteiger partial charge in [-0.3, -0.25) is 4.79 Å². The molecule has 0 aliphatic rings. The van der Waals surface area contributed by atoms with Gasteiger partial charge >= 0.3 is 0 Å². The molecule has 0 saturated carbocycles. The van der Waals surface area contributed by atoms with Crippen LogP contribution in [0.5, 0.6) is 5.75 Å². The first-order chi connectivity index (χ1) is 11.3. The van der Waals surface area contributed by atoms with Crippen molar-refractivity contribution in [1.29, 1.82) is 0 Å². The predicted octanol–water partition coefficient (Wildman–Crippen LogP) is 3.47. The van der Waals surface area contributed by atoms with E-state index < -0.39 is 0 Å². The van der Waals surface area contributed by atoms with Crippen LogP contribution in [0.4, 0.5) is 0 Å². The molecule has 0 fully saturated rings. The second kappa shape index (κ2) is 5.41.